The van der Waals surface area contributed by atoms with E-state index in [0.717, 1.165) is 16.7 Å². The highest BCUT2D eigenvalue weighted by Crippen LogP contribution is 2.25. The van der Waals surface area contributed by atoms with Crippen LogP contribution in [0, 0.1) is 0 Å². The van der Waals surface area contributed by atoms with Crippen molar-refractivity contribution in [2.24, 2.45) is 0 Å². The van der Waals surface area contributed by atoms with E-state index in [2.05, 4.69) is 10.0 Å². The van der Waals surface area contributed by atoms with E-state index in [1.165, 1.54) is 6.07 Å². The highest BCUT2D eigenvalue weighted by atomic mass is 35.5. The van der Waals surface area contributed by atoms with Gasteiger partial charge in [-0.3, -0.25) is 4.79 Å². The molecule has 0 saturated heterocycles. The molecule has 5 nitrogen and oxygen atoms in total. The van der Waals surface area contributed by atoms with Gasteiger partial charge >= 0.3 is 0 Å². The summed E-state index contributed by atoms with van der Waals surface area (Å²) in [5, 5.41) is 2.80. The summed E-state index contributed by atoms with van der Waals surface area (Å²) in [5.41, 5.74) is 3.39. The van der Waals surface area contributed by atoms with Gasteiger partial charge < -0.3 is 5.32 Å². The lowest BCUT2D eigenvalue weighted by atomic mass is 10.1. The third kappa shape index (κ3) is 4.39. The summed E-state index contributed by atoms with van der Waals surface area (Å²) in [5.74, 6) is 0.394. The molecule has 1 aliphatic heterocycles. The van der Waals surface area contributed by atoms with E-state index in [9.17, 15) is 13.2 Å². The summed E-state index contributed by atoms with van der Waals surface area (Å²) >= 11 is 5.75. The summed E-state index contributed by atoms with van der Waals surface area (Å²) in [7, 11) is -3.62. The minimum atomic E-state index is -3.62. The lowest BCUT2D eigenvalue weighted by molar-refractivity contribution is -0.116. The minimum absolute atomic E-state index is 0.0344. The Morgan fingerprint density at radius 1 is 1.04 bits per heavy atom. The fraction of sp³-hybridized carbons (Fsp3) is 0.278. The maximum atomic E-state index is 12.5. The maximum Gasteiger partial charge on any atom is 0.240 e. The molecule has 0 aromatic heterocycles. The fourth-order valence-corrected chi connectivity index (χ4v) is 3.97. The summed E-state index contributed by atoms with van der Waals surface area (Å²) in [6.07, 6.45) is 1.84. The number of amides is 1. The average molecular weight is 379 g/mol. The molecular weight excluding hydrogens is 360 g/mol. The molecule has 0 radical (unpaired) electrons. The van der Waals surface area contributed by atoms with Crippen LogP contribution in [0.1, 0.15) is 29.5 Å². The highest BCUT2D eigenvalue weighted by Gasteiger charge is 2.18. The summed E-state index contributed by atoms with van der Waals surface area (Å²) in [4.78, 5) is 11.8. The van der Waals surface area contributed by atoms with E-state index in [0.29, 0.717) is 30.8 Å². The largest absolute Gasteiger partial charge is 0.326 e. The molecule has 1 heterocycles. The molecular formula is C18H19ClN2O3S. The third-order valence-corrected chi connectivity index (χ3v) is 5.86. The molecule has 0 fully saturated rings. The SMILES string of the molecule is O=C1CCCc2cc(S(=O)(=O)NCc3ccc(CCl)cc3)ccc2N1. The second kappa shape index (κ2) is 7.56. The molecule has 0 spiro atoms. The molecule has 0 bridgehead atoms. The Bertz CT molecular complexity index is 880. The molecule has 0 aliphatic carbocycles. The first kappa shape index (κ1) is 17.9. The molecule has 0 saturated carbocycles. The first-order valence-electron chi connectivity index (χ1n) is 8.04. The molecule has 1 amide bonds. The minimum Gasteiger partial charge on any atom is -0.326 e. The molecule has 1 aliphatic rings. The molecule has 7 heteroatoms. The number of benzene rings is 2. The van der Waals surface area contributed by atoms with Crippen LogP contribution >= 0.6 is 11.6 Å². The fourth-order valence-electron chi connectivity index (χ4n) is 2.73. The number of carbonyl (C=O) groups excluding carboxylic acids is 1. The Balaban J connectivity index is 1.75. The maximum absolute atomic E-state index is 12.5. The van der Waals surface area contributed by atoms with E-state index >= 15 is 0 Å². The zero-order valence-corrected chi connectivity index (χ0v) is 15.2. The Kier molecular flexibility index (Phi) is 5.42. The van der Waals surface area contributed by atoms with Crippen LogP contribution in [0.3, 0.4) is 0 Å². The standard InChI is InChI=1S/C18H19ClN2O3S/c19-11-13-4-6-14(7-5-13)12-20-25(23,24)16-8-9-17-15(10-16)2-1-3-18(22)21-17/h4-10,20H,1-3,11-12H2,(H,21,22). The van der Waals surface area contributed by atoms with E-state index in [-0.39, 0.29) is 17.3 Å². The van der Waals surface area contributed by atoms with Gasteiger partial charge in [0.05, 0.1) is 4.90 Å². The van der Waals surface area contributed by atoms with Crippen molar-refractivity contribution in [1.82, 2.24) is 4.72 Å². The number of halogens is 1. The number of carbonyl (C=O) groups is 1. The van der Waals surface area contributed by atoms with E-state index in [1.54, 1.807) is 12.1 Å². The topological polar surface area (TPSA) is 75.3 Å². The average Bonchev–Trinajstić information content (AvgIpc) is 2.80. The molecule has 25 heavy (non-hydrogen) atoms. The number of aryl methyl sites for hydroxylation is 1. The lowest BCUT2D eigenvalue weighted by Gasteiger charge is -2.11. The first-order chi connectivity index (χ1) is 12.0. The molecule has 2 aromatic carbocycles. The molecule has 0 atom stereocenters. The molecule has 2 N–H and O–H groups in total. The van der Waals surface area contributed by atoms with Crippen LogP contribution < -0.4 is 10.0 Å². The number of sulfonamides is 1. The van der Waals surface area contributed by atoms with Crippen molar-refractivity contribution in [3.8, 4) is 0 Å². The van der Waals surface area contributed by atoms with Crippen LogP contribution in [0.2, 0.25) is 0 Å². The number of anilines is 1. The van der Waals surface area contributed by atoms with Crippen LogP contribution in [0.5, 0.6) is 0 Å². The van der Waals surface area contributed by atoms with Crippen LogP contribution in [0.4, 0.5) is 5.69 Å². The highest BCUT2D eigenvalue weighted by molar-refractivity contribution is 7.89. The van der Waals surface area contributed by atoms with Crippen LogP contribution in [0.15, 0.2) is 47.4 Å². The van der Waals surface area contributed by atoms with Gasteiger partial charge in [0.2, 0.25) is 15.9 Å². The van der Waals surface area contributed by atoms with Gasteiger partial charge in [-0.15, -0.1) is 11.6 Å². The van der Waals surface area contributed by atoms with E-state index < -0.39 is 10.0 Å². The third-order valence-electron chi connectivity index (χ3n) is 4.15. The Morgan fingerprint density at radius 3 is 2.48 bits per heavy atom. The van der Waals surface area contributed by atoms with E-state index in [1.807, 2.05) is 24.3 Å². The Morgan fingerprint density at radius 2 is 1.76 bits per heavy atom. The van der Waals surface area contributed by atoms with Crippen LogP contribution in [0.25, 0.3) is 0 Å². The van der Waals surface area contributed by atoms with Crippen molar-refractivity contribution in [2.75, 3.05) is 5.32 Å². The zero-order chi connectivity index (χ0) is 17.9. The molecule has 132 valence electrons. The monoisotopic (exact) mass is 378 g/mol. The number of alkyl halides is 1. The van der Waals surface area contributed by atoms with Gasteiger partial charge in [0, 0.05) is 24.5 Å². The van der Waals surface area contributed by atoms with E-state index in [4.69, 9.17) is 11.6 Å². The van der Waals surface area contributed by atoms with Gasteiger partial charge in [-0.2, -0.15) is 0 Å². The lowest BCUT2D eigenvalue weighted by Crippen LogP contribution is -2.23. The van der Waals surface area contributed by atoms with Crippen LogP contribution in [-0.4, -0.2) is 14.3 Å². The molecule has 0 unspecified atom stereocenters. The van der Waals surface area contributed by atoms with Crippen molar-refractivity contribution in [1.29, 1.82) is 0 Å². The van der Waals surface area contributed by atoms with Crippen molar-refractivity contribution in [3.63, 3.8) is 0 Å². The number of hydrogen-bond donors (Lipinski definition) is 2. The molecule has 3 rings (SSSR count). The number of hydrogen-bond acceptors (Lipinski definition) is 3. The summed E-state index contributed by atoms with van der Waals surface area (Å²) in [6, 6.07) is 12.3. The number of rotatable bonds is 5. The smallest absolute Gasteiger partial charge is 0.240 e. The molecule has 2 aromatic rings. The van der Waals surface area contributed by atoms with Crippen molar-refractivity contribution >= 4 is 33.2 Å². The predicted molar refractivity (Wildman–Crippen MR) is 98.0 cm³/mol. The van der Waals surface area contributed by atoms with Gasteiger partial charge in [-0.1, -0.05) is 24.3 Å². The normalized spacial score (nSPS) is 14.5. The van der Waals surface area contributed by atoms with Gasteiger partial charge in [0.15, 0.2) is 0 Å². The first-order valence-corrected chi connectivity index (χ1v) is 10.1. The summed E-state index contributed by atoms with van der Waals surface area (Å²) in [6.45, 7) is 0.207. The summed E-state index contributed by atoms with van der Waals surface area (Å²) < 4.78 is 27.7. The van der Waals surface area contributed by atoms with Gasteiger partial charge in [0.25, 0.3) is 0 Å². The van der Waals surface area contributed by atoms with Crippen LogP contribution in [-0.2, 0) is 33.7 Å². The Hall–Kier alpha value is -1.89. The van der Waals surface area contributed by atoms with Gasteiger partial charge in [-0.25, -0.2) is 13.1 Å². The zero-order valence-electron chi connectivity index (χ0n) is 13.6. The predicted octanol–water partition coefficient (Wildman–Crippen LogP) is 3.18. The Labute approximate surface area is 152 Å². The van der Waals surface area contributed by atoms with Crippen molar-refractivity contribution < 1.29 is 13.2 Å². The quantitative estimate of drug-likeness (QED) is 0.784. The van der Waals surface area contributed by atoms with Crippen molar-refractivity contribution in [2.45, 2.75) is 36.6 Å². The second-order valence-corrected chi connectivity index (χ2v) is 8.03. The number of fused-ring (bicyclic) bond motifs is 1. The second-order valence-electron chi connectivity index (χ2n) is 6.00. The van der Waals surface area contributed by atoms with Gasteiger partial charge in [0.1, 0.15) is 0 Å². The van der Waals surface area contributed by atoms with Gasteiger partial charge in [-0.05, 0) is 47.7 Å². The number of nitrogens with one attached hydrogen (secondary N) is 2. The van der Waals surface area contributed by atoms with Crippen molar-refractivity contribution in [3.05, 3.63) is 59.2 Å².